The van der Waals surface area contributed by atoms with E-state index in [4.69, 9.17) is 9.26 Å². The van der Waals surface area contributed by atoms with Crippen LogP contribution in [0.1, 0.15) is 28.0 Å². The first-order valence-electron chi connectivity index (χ1n) is 8.06. The van der Waals surface area contributed by atoms with Crippen LogP contribution >= 0.6 is 0 Å². The normalized spacial score (nSPS) is 12.4. The van der Waals surface area contributed by atoms with Crippen molar-refractivity contribution in [2.24, 2.45) is 0 Å². The maximum absolute atomic E-state index is 13.5. The van der Waals surface area contributed by atoms with Crippen LogP contribution < -0.4 is 10.1 Å². The van der Waals surface area contributed by atoms with Gasteiger partial charge in [0.15, 0.2) is 34.9 Å². The Labute approximate surface area is 160 Å². The van der Waals surface area contributed by atoms with E-state index in [1.807, 2.05) is 0 Å². The van der Waals surface area contributed by atoms with Gasteiger partial charge in [0, 0.05) is 12.3 Å². The zero-order valence-corrected chi connectivity index (χ0v) is 14.4. The average Bonchev–Trinajstić information content (AvgIpc) is 3.14. The van der Waals surface area contributed by atoms with E-state index >= 15 is 0 Å². The average molecular weight is 413 g/mol. The van der Waals surface area contributed by atoms with Crippen LogP contribution in [0.2, 0.25) is 0 Å². The molecule has 6 nitrogen and oxygen atoms in total. The second-order valence-electron chi connectivity index (χ2n) is 5.72. The Balaban J connectivity index is 1.70. The highest BCUT2D eigenvalue weighted by molar-refractivity contribution is 5.92. The topological polar surface area (TPSA) is 77.2 Å². The maximum Gasteiger partial charge on any atom is 0.414 e. The van der Waals surface area contributed by atoms with E-state index in [1.54, 1.807) is 5.32 Å². The summed E-state index contributed by atoms with van der Waals surface area (Å²) in [4.78, 5) is 15.8. The van der Waals surface area contributed by atoms with E-state index in [2.05, 4.69) is 10.1 Å². The third kappa shape index (κ3) is 4.86. The number of benzene rings is 1. The summed E-state index contributed by atoms with van der Waals surface area (Å²) in [6.45, 7) is -0.499. The second kappa shape index (κ2) is 8.25. The summed E-state index contributed by atoms with van der Waals surface area (Å²) in [6, 6.07) is 5.64. The molecular weight excluding hydrogens is 401 g/mol. The van der Waals surface area contributed by atoms with Crippen molar-refractivity contribution in [3.05, 3.63) is 77.4 Å². The van der Waals surface area contributed by atoms with Gasteiger partial charge in [-0.25, -0.2) is 8.78 Å². The number of hydrogen-bond donors (Lipinski definition) is 1. The fourth-order valence-corrected chi connectivity index (χ4v) is 2.33. The number of ether oxygens (including phenoxy) is 1. The van der Waals surface area contributed by atoms with Gasteiger partial charge in [-0.2, -0.15) is 13.2 Å². The first-order valence-corrected chi connectivity index (χ1v) is 8.06. The van der Waals surface area contributed by atoms with Crippen molar-refractivity contribution in [2.75, 3.05) is 0 Å². The van der Waals surface area contributed by atoms with Crippen molar-refractivity contribution in [3.63, 3.8) is 0 Å². The summed E-state index contributed by atoms with van der Waals surface area (Å²) in [6.07, 6.45) is -3.64. The van der Waals surface area contributed by atoms with Gasteiger partial charge in [-0.1, -0.05) is 17.3 Å². The minimum absolute atomic E-state index is 0.126. The predicted octanol–water partition coefficient (Wildman–Crippen LogP) is 3.96. The lowest BCUT2D eigenvalue weighted by Crippen LogP contribution is -2.38. The first kappa shape index (κ1) is 20.2. The summed E-state index contributed by atoms with van der Waals surface area (Å²) >= 11 is 0. The van der Waals surface area contributed by atoms with Crippen molar-refractivity contribution in [1.29, 1.82) is 0 Å². The fourth-order valence-electron chi connectivity index (χ4n) is 2.33. The van der Waals surface area contributed by atoms with E-state index in [-0.39, 0.29) is 5.76 Å². The number of amides is 1. The van der Waals surface area contributed by atoms with Crippen molar-refractivity contribution in [2.45, 2.75) is 18.8 Å². The molecule has 1 N–H and O–H groups in total. The number of pyridine rings is 1. The number of alkyl halides is 3. The zero-order valence-electron chi connectivity index (χ0n) is 14.4. The van der Waals surface area contributed by atoms with Gasteiger partial charge in [0.2, 0.25) is 0 Å². The monoisotopic (exact) mass is 413 g/mol. The Hall–Kier alpha value is -3.50. The van der Waals surface area contributed by atoms with Gasteiger partial charge in [-0.05, 0) is 24.3 Å². The number of para-hydroxylation sites is 1. The Bertz CT molecular complexity index is 972. The second-order valence-corrected chi connectivity index (χ2v) is 5.72. The molecule has 11 heteroatoms. The lowest BCUT2D eigenvalue weighted by molar-refractivity contribution is -0.156. The molecule has 0 saturated heterocycles. The van der Waals surface area contributed by atoms with Crippen LogP contribution in [0.3, 0.4) is 0 Å². The van der Waals surface area contributed by atoms with Crippen molar-refractivity contribution in [3.8, 4) is 5.75 Å². The molecule has 0 saturated carbocycles. The van der Waals surface area contributed by atoms with Gasteiger partial charge in [0.05, 0.1) is 5.69 Å². The highest BCUT2D eigenvalue weighted by atomic mass is 19.4. The number of carbonyl (C=O) groups excluding carboxylic acids is 1. The molecular formula is C18H12F5N3O3. The molecule has 1 atom stereocenters. The third-order valence-corrected chi connectivity index (χ3v) is 3.66. The molecule has 0 aliphatic heterocycles. The molecule has 1 amide bonds. The first-order chi connectivity index (χ1) is 13.8. The molecule has 0 aliphatic carbocycles. The third-order valence-electron chi connectivity index (χ3n) is 3.66. The smallest absolute Gasteiger partial charge is 0.414 e. The van der Waals surface area contributed by atoms with Gasteiger partial charge in [-0.3, -0.25) is 9.78 Å². The van der Waals surface area contributed by atoms with Crippen molar-refractivity contribution in [1.82, 2.24) is 15.5 Å². The summed E-state index contributed by atoms with van der Waals surface area (Å²) in [5.74, 6) is -3.87. The van der Waals surface area contributed by atoms with Gasteiger partial charge < -0.3 is 14.6 Å². The van der Waals surface area contributed by atoms with Crippen LogP contribution in [0.15, 0.2) is 53.2 Å². The number of nitrogens with one attached hydrogen (secondary N) is 1. The summed E-state index contributed by atoms with van der Waals surface area (Å²) in [5.41, 5.74) is -0.877. The van der Waals surface area contributed by atoms with Crippen molar-refractivity contribution >= 4 is 5.91 Å². The lowest BCUT2D eigenvalue weighted by atomic mass is 10.1. The number of nitrogens with zero attached hydrogens (tertiary/aromatic N) is 2. The standard InChI is InChI=1S/C18H12F5N3O3/c19-11-4-3-5-12(20)15(11)28-9-10-8-14(26-29-10)17(27)25-16(18(21,22)23)13-6-1-2-7-24-13/h1-8,16H,9H2,(H,25,27). The molecule has 2 aromatic heterocycles. The molecule has 0 spiro atoms. The van der Waals surface area contributed by atoms with E-state index in [1.165, 1.54) is 12.1 Å². The molecule has 152 valence electrons. The molecule has 0 aliphatic rings. The fraction of sp³-hybridized carbons (Fsp3) is 0.167. The van der Waals surface area contributed by atoms with Gasteiger partial charge in [0.1, 0.15) is 6.61 Å². The van der Waals surface area contributed by atoms with Crippen LogP contribution in [0.25, 0.3) is 0 Å². The molecule has 1 unspecified atom stereocenters. The molecule has 1 aromatic carbocycles. The Morgan fingerprint density at radius 1 is 1.14 bits per heavy atom. The summed E-state index contributed by atoms with van der Waals surface area (Å²) in [7, 11) is 0. The molecule has 3 rings (SSSR count). The Morgan fingerprint density at radius 2 is 1.86 bits per heavy atom. The van der Waals surface area contributed by atoms with Crippen molar-refractivity contribution < 1.29 is 36.0 Å². The minimum Gasteiger partial charge on any atom is -0.479 e. The highest BCUT2D eigenvalue weighted by Gasteiger charge is 2.43. The summed E-state index contributed by atoms with van der Waals surface area (Å²) < 4.78 is 76.6. The van der Waals surface area contributed by atoms with Crippen LogP contribution in [-0.2, 0) is 6.61 Å². The quantitative estimate of drug-likeness (QED) is 0.619. The SMILES string of the molecule is O=C(NC(c1ccccn1)C(F)(F)F)c1cc(COc2c(F)cccc2F)on1. The number of rotatable bonds is 6. The van der Waals surface area contributed by atoms with Crippen LogP contribution in [0, 0.1) is 11.6 Å². The molecule has 29 heavy (non-hydrogen) atoms. The van der Waals surface area contributed by atoms with Crippen LogP contribution in [0.4, 0.5) is 22.0 Å². The van der Waals surface area contributed by atoms with Gasteiger partial charge in [0.25, 0.3) is 5.91 Å². The van der Waals surface area contributed by atoms with E-state index in [9.17, 15) is 26.7 Å². The number of aromatic nitrogens is 2. The number of halogens is 5. The van der Waals surface area contributed by atoms with E-state index in [0.717, 1.165) is 36.5 Å². The van der Waals surface area contributed by atoms with E-state index < -0.39 is 53.5 Å². The molecule has 3 aromatic rings. The van der Waals surface area contributed by atoms with Gasteiger partial charge in [-0.15, -0.1) is 0 Å². The zero-order chi connectivity index (χ0) is 21.0. The Kier molecular flexibility index (Phi) is 5.76. The largest absolute Gasteiger partial charge is 0.479 e. The van der Waals surface area contributed by atoms with E-state index in [0.29, 0.717) is 0 Å². The molecule has 2 heterocycles. The number of carbonyl (C=O) groups is 1. The Morgan fingerprint density at radius 3 is 2.48 bits per heavy atom. The predicted molar refractivity (Wildman–Crippen MR) is 87.7 cm³/mol. The minimum atomic E-state index is -4.80. The van der Waals surface area contributed by atoms with Gasteiger partial charge >= 0.3 is 6.18 Å². The number of hydrogen-bond acceptors (Lipinski definition) is 5. The summed E-state index contributed by atoms with van der Waals surface area (Å²) in [5, 5.41) is 5.14. The highest BCUT2D eigenvalue weighted by Crippen LogP contribution is 2.31. The molecule has 0 fully saturated rings. The lowest BCUT2D eigenvalue weighted by Gasteiger charge is -2.20. The molecule has 0 bridgehead atoms. The molecule has 0 radical (unpaired) electrons. The van der Waals surface area contributed by atoms with Crippen LogP contribution in [-0.4, -0.2) is 22.2 Å². The van der Waals surface area contributed by atoms with Crippen LogP contribution in [0.5, 0.6) is 5.75 Å². The maximum atomic E-state index is 13.5.